The minimum atomic E-state index is -3.79. The van der Waals surface area contributed by atoms with E-state index in [0.29, 0.717) is 4.34 Å². The quantitative estimate of drug-likeness (QED) is 0.722. The summed E-state index contributed by atoms with van der Waals surface area (Å²) < 4.78 is 30.3. The van der Waals surface area contributed by atoms with E-state index in [4.69, 9.17) is 16.3 Å². The van der Waals surface area contributed by atoms with Crippen molar-refractivity contribution < 1.29 is 22.7 Å². The van der Waals surface area contributed by atoms with Gasteiger partial charge in [-0.1, -0.05) is 11.6 Å². The fourth-order valence-corrected chi connectivity index (χ4v) is 4.35. The standard InChI is InChI=1S/C12H15ClN2O5S2/c1-15(22(18,19)12-5-4-9(13)21-12)6-11(17)20-7-10(16)14-8-2-3-8/h4-5,8H,2-3,6-7H2,1H3,(H,14,16). The predicted molar refractivity (Wildman–Crippen MR) is 81.3 cm³/mol. The van der Waals surface area contributed by atoms with Gasteiger partial charge in [0.2, 0.25) is 0 Å². The predicted octanol–water partition coefficient (Wildman–Crippen LogP) is 0.844. The molecule has 2 rings (SSSR count). The van der Waals surface area contributed by atoms with Crippen LogP contribution in [0.25, 0.3) is 0 Å². The molecule has 0 saturated heterocycles. The van der Waals surface area contributed by atoms with Gasteiger partial charge in [0, 0.05) is 13.1 Å². The number of thiophene rings is 1. The molecule has 0 radical (unpaired) electrons. The molecule has 122 valence electrons. The number of hydrogen-bond acceptors (Lipinski definition) is 6. The Kier molecular flexibility index (Phi) is 5.43. The Hall–Kier alpha value is -1.16. The maximum atomic E-state index is 12.2. The van der Waals surface area contributed by atoms with Crippen LogP contribution in [0.3, 0.4) is 0 Å². The molecular formula is C12H15ClN2O5S2. The summed E-state index contributed by atoms with van der Waals surface area (Å²) in [4.78, 5) is 23.0. The summed E-state index contributed by atoms with van der Waals surface area (Å²) in [7, 11) is -2.54. The highest BCUT2D eigenvalue weighted by Crippen LogP contribution is 2.27. The zero-order valence-corrected chi connectivity index (χ0v) is 14.1. The van der Waals surface area contributed by atoms with Crippen LogP contribution in [0.2, 0.25) is 4.34 Å². The van der Waals surface area contributed by atoms with Gasteiger partial charge < -0.3 is 10.1 Å². The van der Waals surface area contributed by atoms with Crippen LogP contribution in [0.4, 0.5) is 0 Å². The van der Waals surface area contributed by atoms with Crippen LogP contribution in [0.5, 0.6) is 0 Å². The van der Waals surface area contributed by atoms with Gasteiger partial charge in [-0.2, -0.15) is 4.31 Å². The number of amides is 1. The summed E-state index contributed by atoms with van der Waals surface area (Å²) in [5.41, 5.74) is 0. The van der Waals surface area contributed by atoms with E-state index in [1.165, 1.54) is 19.2 Å². The van der Waals surface area contributed by atoms with Gasteiger partial charge >= 0.3 is 5.97 Å². The Morgan fingerprint density at radius 3 is 2.68 bits per heavy atom. The van der Waals surface area contributed by atoms with Crippen molar-refractivity contribution in [3.63, 3.8) is 0 Å². The van der Waals surface area contributed by atoms with Crippen LogP contribution < -0.4 is 5.32 Å². The highest BCUT2D eigenvalue weighted by Gasteiger charge is 2.26. The van der Waals surface area contributed by atoms with E-state index in [1.807, 2.05) is 0 Å². The topological polar surface area (TPSA) is 92.8 Å². The maximum Gasteiger partial charge on any atom is 0.321 e. The maximum absolute atomic E-state index is 12.2. The van der Waals surface area contributed by atoms with Crippen molar-refractivity contribution in [2.75, 3.05) is 20.2 Å². The lowest BCUT2D eigenvalue weighted by Crippen LogP contribution is -2.35. The van der Waals surface area contributed by atoms with Gasteiger partial charge in [-0.25, -0.2) is 8.42 Å². The van der Waals surface area contributed by atoms with E-state index >= 15 is 0 Å². The highest BCUT2D eigenvalue weighted by atomic mass is 35.5. The number of sulfonamides is 1. The molecule has 1 heterocycles. The second kappa shape index (κ2) is 6.95. The van der Waals surface area contributed by atoms with Crippen molar-refractivity contribution in [3.8, 4) is 0 Å². The molecule has 1 aromatic rings. The monoisotopic (exact) mass is 366 g/mol. The minimum Gasteiger partial charge on any atom is -0.455 e. The number of hydrogen-bond donors (Lipinski definition) is 1. The van der Waals surface area contributed by atoms with Crippen molar-refractivity contribution in [3.05, 3.63) is 16.5 Å². The number of nitrogens with one attached hydrogen (secondary N) is 1. The van der Waals surface area contributed by atoms with Gasteiger partial charge in [0.15, 0.2) is 6.61 Å². The zero-order valence-electron chi connectivity index (χ0n) is 11.7. The van der Waals surface area contributed by atoms with E-state index in [2.05, 4.69) is 5.32 Å². The van der Waals surface area contributed by atoms with E-state index < -0.39 is 29.1 Å². The Morgan fingerprint density at radius 1 is 1.45 bits per heavy atom. The summed E-state index contributed by atoms with van der Waals surface area (Å²) in [6.45, 7) is -0.886. The average Bonchev–Trinajstić information content (AvgIpc) is 3.14. The summed E-state index contributed by atoms with van der Waals surface area (Å²) in [5.74, 6) is -1.17. The number of nitrogens with zero attached hydrogens (tertiary/aromatic N) is 1. The fraction of sp³-hybridized carbons (Fsp3) is 0.500. The minimum absolute atomic E-state index is 0.0410. The molecular weight excluding hydrogens is 352 g/mol. The van der Waals surface area contributed by atoms with Crippen molar-refractivity contribution in [1.29, 1.82) is 0 Å². The Labute approximate surface area is 137 Å². The first-order chi connectivity index (χ1) is 10.3. The summed E-state index contributed by atoms with van der Waals surface area (Å²) in [6, 6.07) is 3.01. The van der Waals surface area contributed by atoms with Gasteiger partial charge in [0.25, 0.3) is 15.9 Å². The van der Waals surface area contributed by atoms with E-state index in [9.17, 15) is 18.0 Å². The number of carbonyl (C=O) groups excluding carboxylic acids is 2. The molecule has 22 heavy (non-hydrogen) atoms. The van der Waals surface area contributed by atoms with Crippen LogP contribution in [-0.4, -0.2) is 50.8 Å². The third-order valence-electron chi connectivity index (χ3n) is 2.87. The van der Waals surface area contributed by atoms with Crippen LogP contribution >= 0.6 is 22.9 Å². The molecule has 7 nitrogen and oxygen atoms in total. The largest absolute Gasteiger partial charge is 0.455 e. The SMILES string of the molecule is CN(CC(=O)OCC(=O)NC1CC1)S(=O)(=O)c1ccc(Cl)s1. The lowest BCUT2D eigenvalue weighted by atomic mass is 10.5. The van der Waals surface area contributed by atoms with E-state index in [0.717, 1.165) is 28.5 Å². The van der Waals surface area contributed by atoms with Crippen molar-refractivity contribution in [2.45, 2.75) is 23.1 Å². The van der Waals surface area contributed by atoms with Gasteiger partial charge in [-0.15, -0.1) is 11.3 Å². The molecule has 1 aliphatic rings. The molecule has 0 bridgehead atoms. The highest BCUT2D eigenvalue weighted by molar-refractivity contribution is 7.91. The fourth-order valence-electron chi connectivity index (χ4n) is 1.55. The normalized spacial score (nSPS) is 14.9. The molecule has 1 fully saturated rings. The Balaban J connectivity index is 1.83. The molecule has 10 heteroatoms. The van der Waals surface area contributed by atoms with Crippen LogP contribution in [0, 0.1) is 0 Å². The van der Waals surface area contributed by atoms with Crippen LogP contribution in [0.15, 0.2) is 16.3 Å². The molecule has 0 spiro atoms. The molecule has 0 unspecified atom stereocenters. The summed E-state index contributed by atoms with van der Waals surface area (Å²) in [6.07, 6.45) is 1.87. The first-order valence-electron chi connectivity index (χ1n) is 6.45. The Bertz CT molecular complexity index is 669. The molecule has 1 aromatic heterocycles. The van der Waals surface area contributed by atoms with Gasteiger partial charge in [0.1, 0.15) is 10.8 Å². The Morgan fingerprint density at radius 2 is 2.14 bits per heavy atom. The number of ether oxygens (including phenoxy) is 1. The number of halogens is 1. The number of esters is 1. The molecule has 0 atom stereocenters. The van der Waals surface area contributed by atoms with Crippen molar-refractivity contribution in [2.24, 2.45) is 0 Å². The third kappa shape index (κ3) is 4.67. The van der Waals surface area contributed by atoms with Gasteiger partial charge in [-0.05, 0) is 25.0 Å². The van der Waals surface area contributed by atoms with Gasteiger partial charge in [-0.3, -0.25) is 9.59 Å². The molecule has 1 aliphatic carbocycles. The van der Waals surface area contributed by atoms with E-state index in [1.54, 1.807) is 0 Å². The second-order valence-electron chi connectivity index (χ2n) is 4.82. The lowest BCUT2D eigenvalue weighted by molar-refractivity contribution is -0.148. The van der Waals surface area contributed by atoms with Crippen LogP contribution in [0.1, 0.15) is 12.8 Å². The molecule has 1 N–H and O–H groups in total. The van der Waals surface area contributed by atoms with Crippen molar-refractivity contribution in [1.82, 2.24) is 9.62 Å². The number of likely N-dealkylation sites (N-methyl/N-ethyl adjacent to an activating group) is 1. The van der Waals surface area contributed by atoms with E-state index in [-0.39, 0.29) is 16.2 Å². The molecule has 0 aliphatic heterocycles. The summed E-state index contributed by atoms with van der Waals surface area (Å²) >= 11 is 6.61. The number of carbonyl (C=O) groups is 2. The molecule has 0 aromatic carbocycles. The first kappa shape index (κ1) is 17.2. The first-order valence-corrected chi connectivity index (χ1v) is 9.09. The second-order valence-corrected chi connectivity index (χ2v) is 8.81. The third-order valence-corrected chi connectivity index (χ3v) is 6.37. The molecule has 1 amide bonds. The smallest absolute Gasteiger partial charge is 0.321 e. The zero-order chi connectivity index (χ0) is 16.3. The lowest BCUT2D eigenvalue weighted by Gasteiger charge is -2.15. The molecule has 1 saturated carbocycles. The average molecular weight is 367 g/mol. The van der Waals surface area contributed by atoms with Crippen LogP contribution in [-0.2, 0) is 24.3 Å². The number of rotatable bonds is 7. The van der Waals surface area contributed by atoms with Gasteiger partial charge in [0.05, 0.1) is 4.34 Å². The summed E-state index contributed by atoms with van der Waals surface area (Å²) in [5, 5.41) is 2.66. The van der Waals surface area contributed by atoms with Crippen molar-refractivity contribution >= 4 is 44.8 Å².